The second-order valence-corrected chi connectivity index (χ2v) is 10.9. The van der Waals surface area contributed by atoms with Crippen LogP contribution in [-0.2, 0) is 16.4 Å². The van der Waals surface area contributed by atoms with Crippen molar-refractivity contribution in [1.29, 1.82) is 0 Å². The standard InChI is InChI=1S/C28H35N3O3S/c1-4-5-8-23-12-15-24(16-13-23)29-25-14-11-22(2)28(21-25)35(32,33)31-19-17-30(18-20-31)26-9-6-7-10-27(26)34-3/h6-7,9-16,21,29H,4-5,8,17-20H2,1-3H3. The molecule has 1 aliphatic rings. The number of benzene rings is 3. The molecule has 1 N–H and O–H groups in total. The monoisotopic (exact) mass is 493 g/mol. The number of methoxy groups -OCH3 is 1. The van der Waals surface area contributed by atoms with Crippen LogP contribution in [0.4, 0.5) is 17.1 Å². The normalized spacial score (nSPS) is 14.7. The molecule has 0 bridgehead atoms. The van der Waals surface area contributed by atoms with Crippen LogP contribution in [0, 0.1) is 6.92 Å². The molecule has 35 heavy (non-hydrogen) atoms. The van der Waals surface area contributed by atoms with Crippen LogP contribution in [0.3, 0.4) is 0 Å². The molecule has 1 saturated heterocycles. The van der Waals surface area contributed by atoms with Crippen LogP contribution in [0.1, 0.15) is 30.9 Å². The highest BCUT2D eigenvalue weighted by molar-refractivity contribution is 7.89. The molecule has 3 aromatic rings. The van der Waals surface area contributed by atoms with Gasteiger partial charge in [-0.15, -0.1) is 0 Å². The maximum atomic E-state index is 13.6. The number of unbranched alkanes of at least 4 members (excludes halogenated alkanes) is 1. The molecule has 1 heterocycles. The van der Waals surface area contributed by atoms with E-state index in [4.69, 9.17) is 4.74 Å². The smallest absolute Gasteiger partial charge is 0.243 e. The number of anilines is 3. The molecule has 1 aliphatic heterocycles. The third-order valence-corrected chi connectivity index (χ3v) is 8.57. The van der Waals surface area contributed by atoms with Gasteiger partial charge in [0.15, 0.2) is 0 Å². The quantitative estimate of drug-likeness (QED) is 0.420. The minimum absolute atomic E-state index is 0.354. The van der Waals surface area contributed by atoms with E-state index >= 15 is 0 Å². The third kappa shape index (κ3) is 5.80. The van der Waals surface area contributed by atoms with Crippen molar-refractivity contribution in [3.63, 3.8) is 0 Å². The molecular formula is C28H35N3O3S. The van der Waals surface area contributed by atoms with E-state index in [9.17, 15) is 8.42 Å². The molecular weight excluding hydrogens is 458 g/mol. The summed E-state index contributed by atoms with van der Waals surface area (Å²) in [7, 11) is -1.95. The van der Waals surface area contributed by atoms with E-state index in [0.29, 0.717) is 31.1 Å². The molecule has 0 aromatic heterocycles. The summed E-state index contributed by atoms with van der Waals surface area (Å²) in [6, 6.07) is 21.8. The van der Waals surface area contributed by atoms with E-state index in [1.54, 1.807) is 17.5 Å². The van der Waals surface area contributed by atoms with Crippen LogP contribution in [-0.4, -0.2) is 46.0 Å². The molecule has 7 heteroatoms. The lowest BCUT2D eigenvalue weighted by Crippen LogP contribution is -2.48. The van der Waals surface area contributed by atoms with Crippen molar-refractivity contribution in [1.82, 2.24) is 4.31 Å². The zero-order valence-electron chi connectivity index (χ0n) is 20.8. The Morgan fingerprint density at radius 1 is 0.914 bits per heavy atom. The second kappa shape index (κ2) is 11.1. The first-order chi connectivity index (χ1) is 16.9. The van der Waals surface area contributed by atoms with Crippen molar-refractivity contribution in [2.45, 2.75) is 38.0 Å². The average Bonchev–Trinajstić information content (AvgIpc) is 2.89. The SMILES string of the molecule is CCCCc1ccc(Nc2ccc(C)c(S(=O)(=O)N3CCN(c4ccccc4OC)CC3)c2)cc1. The number of nitrogens with one attached hydrogen (secondary N) is 1. The number of para-hydroxylation sites is 2. The molecule has 4 rings (SSSR count). The van der Waals surface area contributed by atoms with E-state index in [1.807, 2.05) is 43.3 Å². The predicted molar refractivity (Wildman–Crippen MR) is 143 cm³/mol. The summed E-state index contributed by atoms with van der Waals surface area (Å²) < 4.78 is 34.2. The largest absolute Gasteiger partial charge is 0.495 e. The number of nitrogens with zero attached hydrogens (tertiary/aromatic N) is 2. The van der Waals surface area contributed by atoms with Crippen LogP contribution < -0.4 is 15.0 Å². The second-order valence-electron chi connectivity index (χ2n) is 8.97. The van der Waals surface area contributed by atoms with Gasteiger partial charge >= 0.3 is 0 Å². The third-order valence-electron chi connectivity index (χ3n) is 6.53. The van der Waals surface area contributed by atoms with Crippen molar-refractivity contribution in [2.24, 2.45) is 0 Å². The molecule has 1 fully saturated rings. The molecule has 3 aromatic carbocycles. The van der Waals surface area contributed by atoms with Gasteiger partial charge < -0.3 is 15.0 Å². The van der Waals surface area contributed by atoms with Gasteiger partial charge in [-0.2, -0.15) is 4.31 Å². The fourth-order valence-corrected chi connectivity index (χ4v) is 6.13. The van der Waals surface area contributed by atoms with Crippen LogP contribution in [0.15, 0.2) is 71.6 Å². The topological polar surface area (TPSA) is 61.9 Å². The molecule has 0 amide bonds. The van der Waals surface area contributed by atoms with Gasteiger partial charge in [0.2, 0.25) is 10.0 Å². The van der Waals surface area contributed by atoms with E-state index in [-0.39, 0.29) is 0 Å². The summed E-state index contributed by atoms with van der Waals surface area (Å²) in [5, 5.41) is 3.37. The van der Waals surface area contributed by atoms with Crippen LogP contribution >= 0.6 is 0 Å². The van der Waals surface area contributed by atoms with Gasteiger partial charge in [0, 0.05) is 37.6 Å². The fourth-order valence-electron chi connectivity index (χ4n) is 4.46. The number of sulfonamides is 1. The first-order valence-electron chi connectivity index (χ1n) is 12.3. The molecule has 0 spiro atoms. The lowest BCUT2D eigenvalue weighted by Gasteiger charge is -2.36. The molecule has 0 aliphatic carbocycles. The Bertz CT molecular complexity index is 1230. The Morgan fingerprint density at radius 3 is 2.29 bits per heavy atom. The van der Waals surface area contributed by atoms with Gasteiger partial charge in [0.25, 0.3) is 0 Å². The first-order valence-corrected chi connectivity index (χ1v) is 13.7. The maximum absolute atomic E-state index is 13.6. The average molecular weight is 494 g/mol. The highest BCUT2D eigenvalue weighted by atomic mass is 32.2. The number of piperazine rings is 1. The predicted octanol–water partition coefficient (Wildman–Crippen LogP) is 5.60. The number of aryl methyl sites for hydroxylation is 2. The zero-order chi connectivity index (χ0) is 24.8. The molecule has 0 radical (unpaired) electrons. The van der Waals surface area contributed by atoms with Gasteiger partial charge in [0.05, 0.1) is 17.7 Å². The Balaban J connectivity index is 1.47. The van der Waals surface area contributed by atoms with Gasteiger partial charge in [-0.3, -0.25) is 0 Å². The highest BCUT2D eigenvalue weighted by Crippen LogP contribution is 2.31. The van der Waals surface area contributed by atoms with Crippen LogP contribution in [0.5, 0.6) is 5.75 Å². The van der Waals surface area contributed by atoms with E-state index in [0.717, 1.165) is 34.8 Å². The van der Waals surface area contributed by atoms with E-state index in [1.165, 1.54) is 18.4 Å². The van der Waals surface area contributed by atoms with Gasteiger partial charge in [-0.1, -0.05) is 43.7 Å². The summed E-state index contributed by atoms with van der Waals surface area (Å²) in [5.74, 6) is 0.803. The van der Waals surface area contributed by atoms with E-state index in [2.05, 4.69) is 41.4 Å². The van der Waals surface area contributed by atoms with Crippen molar-refractivity contribution >= 4 is 27.1 Å². The summed E-state index contributed by atoms with van der Waals surface area (Å²) in [5.41, 5.74) is 4.77. The van der Waals surface area contributed by atoms with Gasteiger partial charge in [-0.25, -0.2) is 8.42 Å². The van der Waals surface area contributed by atoms with Crippen molar-refractivity contribution in [3.8, 4) is 5.75 Å². The fraction of sp³-hybridized carbons (Fsp3) is 0.357. The molecule has 0 saturated carbocycles. The lowest BCUT2D eigenvalue weighted by atomic mass is 10.1. The molecule has 0 atom stereocenters. The van der Waals surface area contributed by atoms with E-state index < -0.39 is 10.0 Å². The van der Waals surface area contributed by atoms with Crippen LogP contribution in [0.2, 0.25) is 0 Å². The molecule has 6 nitrogen and oxygen atoms in total. The van der Waals surface area contributed by atoms with Gasteiger partial charge in [0.1, 0.15) is 5.75 Å². The summed E-state index contributed by atoms with van der Waals surface area (Å²) in [6.45, 7) is 6.12. The van der Waals surface area contributed by atoms with Crippen molar-refractivity contribution in [2.75, 3.05) is 43.5 Å². The Kier molecular flexibility index (Phi) is 7.98. The van der Waals surface area contributed by atoms with Crippen molar-refractivity contribution in [3.05, 3.63) is 77.9 Å². The Morgan fingerprint density at radius 2 is 1.60 bits per heavy atom. The Hall–Kier alpha value is -3.03. The lowest BCUT2D eigenvalue weighted by molar-refractivity contribution is 0.378. The number of ether oxygens (including phenoxy) is 1. The Labute approximate surface area is 209 Å². The summed E-state index contributed by atoms with van der Waals surface area (Å²) in [6.07, 6.45) is 3.43. The van der Waals surface area contributed by atoms with Gasteiger partial charge in [-0.05, 0) is 67.3 Å². The number of rotatable bonds is 9. The number of hydrogen-bond donors (Lipinski definition) is 1. The maximum Gasteiger partial charge on any atom is 0.243 e. The minimum atomic E-state index is -3.61. The van der Waals surface area contributed by atoms with Crippen molar-refractivity contribution < 1.29 is 13.2 Å². The molecule has 186 valence electrons. The number of hydrogen-bond acceptors (Lipinski definition) is 5. The van der Waals surface area contributed by atoms with Crippen LogP contribution in [0.25, 0.3) is 0 Å². The summed E-state index contributed by atoms with van der Waals surface area (Å²) >= 11 is 0. The highest BCUT2D eigenvalue weighted by Gasteiger charge is 2.30. The minimum Gasteiger partial charge on any atom is -0.495 e. The first kappa shape index (κ1) is 25.1. The molecule has 0 unspecified atom stereocenters. The summed E-state index contributed by atoms with van der Waals surface area (Å²) in [4.78, 5) is 2.53. The zero-order valence-corrected chi connectivity index (χ0v) is 21.6.